The van der Waals surface area contributed by atoms with Crippen LogP contribution in [0.25, 0.3) is 0 Å². The van der Waals surface area contributed by atoms with E-state index >= 15 is 0 Å². The van der Waals surface area contributed by atoms with Crippen LogP contribution in [0.4, 0.5) is 0 Å². The molecule has 3 N–H and O–H groups in total. The van der Waals surface area contributed by atoms with Crippen LogP contribution in [0.15, 0.2) is 24.3 Å². The summed E-state index contributed by atoms with van der Waals surface area (Å²) in [4.78, 5) is 11.7. The zero-order valence-electron chi connectivity index (χ0n) is 10.4. The highest BCUT2D eigenvalue weighted by atomic mass is 16.5. The summed E-state index contributed by atoms with van der Waals surface area (Å²) in [6, 6.07) is 7.63. The first kappa shape index (κ1) is 13.5. The van der Waals surface area contributed by atoms with Gasteiger partial charge >= 0.3 is 0 Å². The van der Waals surface area contributed by atoms with Gasteiger partial charge in [-0.25, -0.2) is 0 Å². The van der Waals surface area contributed by atoms with Gasteiger partial charge in [0.05, 0.1) is 13.5 Å². The van der Waals surface area contributed by atoms with Gasteiger partial charge in [0.2, 0.25) is 5.91 Å². The van der Waals surface area contributed by atoms with Crippen molar-refractivity contribution in [1.82, 2.24) is 5.32 Å². The fourth-order valence-corrected chi connectivity index (χ4v) is 1.58. The van der Waals surface area contributed by atoms with E-state index in [0.29, 0.717) is 13.0 Å². The summed E-state index contributed by atoms with van der Waals surface area (Å²) in [6.45, 7) is 2.54. The molecule has 4 heteroatoms. The molecule has 0 saturated carbocycles. The molecule has 0 spiro atoms. The number of nitrogens with two attached hydrogens (primary N) is 1. The van der Waals surface area contributed by atoms with E-state index in [1.807, 2.05) is 31.2 Å². The average molecular weight is 236 g/mol. The van der Waals surface area contributed by atoms with E-state index < -0.39 is 0 Å². The number of nitrogens with one attached hydrogen (secondary N) is 1. The molecule has 0 fully saturated rings. The van der Waals surface area contributed by atoms with Crippen LogP contribution in [0.5, 0.6) is 5.75 Å². The van der Waals surface area contributed by atoms with Crippen molar-refractivity contribution < 1.29 is 9.53 Å². The Bertz CT molecular complexity index is 349. The number of amides is 1. The summed E-state index contributed by atoms with van der Waals surface area (Å²) < 4.78 is 5.06. The Morgan fingerprint density at radius 1 is 1.41 bits per heavy atom. The molecule has 0 aromatic heterocycles. The lowest BCUT2D eigenvalue weighted by molar-refractivity contribution is -0.121. The largest absolute Gasteiger partial charge is 0.497 e. The summed E-state index contributed by atoms with van der Waals surface area (Å²) in [5.41, 5.74) is 6.40. The first-order valence-corrected chi connectivity index (χ1v) is 5.78. The van der Waals surface area contributed by atoms with Crippen LogP contribution in [-0.4, -0.2) is 25.6 Å². The van der Waals surface area contributed by atoms with E-state index in [-0.39, 0.29) is 11.9 Å². The zero-order chi connectivity index (χ0) is 12.7. The molecule has 1 amide bonds. The van der Waals surface area contributed by atoms with E-state index in [1.165, 1.54) is 0 Å². The number of carbonyl (C=O) groups is 1. The summed E-state index contributed by atoms with van der Waals surface area (Å²) in [5, 5.41) is 2.91. The van der Waals surface area contributed by atoms with Gasteiger partial charge in [0.25, 0.3) is 0 Å². The fourth-order valence-electron chi connectivity index (χ4n) is 1.58. The van der Waals surface area contributed by atoms with Gasteiger partial charge in [-0.05, 0) is 37.6 Å². The monoisotopic (exact) mass is 236 g/mol. The Hall–Kier alpha value is -1.55. The number of hydrogen-bond donors (Lipinski definition) is 2. The molecule has 4 nitrogen and oxygen atoms in total. The van der Waals surface area contributed by atoms with E-state index in [1.54, 1.807) is 7.11 Å². The van der Waals surface area contributed by atoms with Crippen LogP contribution < -0.4 is 15.8 Å². The lowest BCUT2D eigenvalue weighted by atomic mass is 10.1. The van der Waals surface area contributed by atoms with Crippen LogP contribution >= 0.6 is 0 Å². The lowest BCUT2D eigenvalue weighted by Gasteiger charge is -2.12. The van der Waals surface area contributed by atoms with Crippen LogP contribution in [0.2, 0.25) is 0 Å². The standard InChI is InChI=1S/C13H20N2O2/c1-10(7-8-14)15-13(16)9-11-3-5-12(17-2)6-4-11/h3-6,10H,7-9,14H2,1-2H3,(H,15,16). The molecular formula is C13H20N2O2. The second-order valence-corrected chi connectivity index (χ2v) is 4.07. The predicted octanol–water partition coefficient (Wildman–Crippen LogP) is 1.09. The van der Waals surface area contributed by atoms with Crippen molar-refractivity contribution >= 4 is 5.91 Å². The molecule has 94 valence electrons. The average Bonchev–Trinajstić information content (AvgIpc) is 2.30. The van der Waals surface area contributed by atoms with Crippen molar-refractivity contribution in [1.29, 1.82) is 0 Å². The van der Waals surface area contributed by atoms with Gasteiger partial charge in [0.15, 0.2) is 0 Å². The molecule has 17 heavy (non-hydrogen) atoms. The molecular weight excluding hydrogens is 216 g/mol. The molecule has 0 aliphatic rings. The molecule has 0 radical (unpaired) electrons. The maximum Gasteiger partial charge on any atom is 0.224 e. The van der Waals surface area contributed by atoms with Gasteiger partial charge in [-0.15, -0.1) is 0 Å². The molecule has 0 heterocycles. The van der Waals surface area contributed by atoms with Crippen LogP contribution in [0, 0.1) is 0 Å². The fraction of sp³-hybridized carbons (Fsp3) is 0.462. The molecule has 1 aromatic rings. The smallest absolute Gasteiger partial charge is 0.224 e. The van der Waals surface area contributed by atoms with Crippen molar-refractivity contribution in [2.24, 2.45) is 5.73 Å². The summed E-state index contributed by atoms with van der Waals surface area (Å²) >= 11 is 0. The second kappa shape index (κ2) is 6.91. The molecule has 0 aliphatic heterocycles. The molecule has 1 atom stereocenters. The van der Waals surface area contributed by atoms with Crippen LogP contribution in [0.3, 0.4) is 0 Å². The number of carbonyl (C=O) groups excluding carboxylic acids is 1. The van der Waals surface area contributed by atoms with Crippen molar-refractivity contribution in [2.75, 3.05) is 13.7 Å². The minimum Gasteiger partial charge on any atom is -0.497 e. The first-order chi connectivity index (χ1) is 8.15. The highest BCUT2D eigenvalue weighted by molar-refractivity contribution is 5.78. The van der Waals surface area contributed by atoms with Crippen LogP contribution in [0.1, 0.15) is 18.9 Å². The van der Waals surface area contributed by atoms with Crippen molar-refractivity contribution in [3.8, 4) is 5.75 Å². The zero-order valence-corrected chi connectivity index (χ0v) is 10.4. The van der Waals surface area contributed by atoms with Crippen molar-refractivity contribution in [3.63, 3.8) is 0 Å². The minimum atomic E-state index is 0.0242. The Labute approximate surface area is 102 Å². The third-order valence-corrected chi connectivity index (χ3v) is 2.53. The van der Waals surface area contributed by atoms with Gasteiger partial charge in [0.1, 0.15) is 5.75 Å². The number of methoxy groups -OCH3 is 1. The van der Waals surface area contributed by atoms with Gasteiger partial charge in [0, 0.05) is 6.04 Å². The second-order valence-electron chi connectivity index (χ2n) is 4.07. The Morgan fingerprint density at radius 2 is 2.06 bits per heavy atom. The van der Waals surface area contributed by atoms with Crippen molar-refractivity contribution in [2.45, 2.75) is 25.8 Å². The van der Waals surface area contributed by atoms with Gasteiger partial charge in [-0.1, -0.05) is 12.1 Å². The topological polar surface area (TPSA) is 64.3 Å². The molecule has 1 unspecified atom stereocenters. The Morgan fingerprint density at radius 3 is 2.59 bits per heavy atom. The molecule has 0 aliphatic carbocycles. The molecule has 0 saturated heterocycles. The van der Waals surface area contributed by atoms with Crippen molar-refractivity contribution in [3.05, 3.63) is 29.8 Å². The molecule has 1 aromatic carbocycles. The van der Waals surface area contributed by atoms with Gasteiger partial charge < -0.3 is 15.8 Å². The molecule has 1 rings (SSSR count). The van der Waals surface area contributed by atoms with E-state index in [0.717, 1.165) is 17.7 Å². The Kier molecular flexibility index (Phi) is 5.49. The highest BCUT2D eigenvalue weighted by Crippen LogP contribution is 2.11. The van der Waals surface area contributed by atoms with E-state index in [4.69, 9.17) is 10.5 Å². The maximum absolute atomic E-state index is 11.7. The third kappa shape index (κ3) is 4.87. The highest BCUT2D eigenvalue weighted by Gasteiger charge is 2.07. The number of ether oxygens (including phenoxy) is 1. The predicted molar refractivity (Wildman–Crippen MR) is 68.0 cm³/mol. The first-order valence-electron chi connectivity index (χ1n) is 5.78. The third-order valence-electron chi connectivity index (χ3n) is 2.53. The normalized spacial score (nSPS) is 11.9. The summed E-state index contributed by atoms with van der Waals surface area (Å²) in [7, 11) is 1.62. The number of hydrogen-bond acceptors (Lipinski definition) is 3. The number of benzene rings is 1. The Balaban J connectivity index is 2.44. The van der Waals surface area contributed by atoms with Gasteiger partial charge in [-0.2, -0.15) is 0 Å². The number of rotatable bonds is 6. The molecule has 0 bridgehead atoms. The van der Waals surface area contributed by atoms with E-state index in [2.05, 4.69) is 5.32 Å². The maximum atomic E-state index is 11.7. The van der Waals surface area contributed by atoms with Crippen LogP contribution in [-0.2, 0) is 11.2 Å². The van der Waals surface area contributed by atoms with Gasteiger partial charge in [-0.3, -0.25) is 4.79 Å². The SMILES string of the molecule is COc1ccc(CC(=O)NC(C)CCN)cc1. The minimum absolute atomic E-state index is 0.0242. The quantitative estimate of drug-likeness (QED) is 0.777. The summed E-state index contributed by atoms with van der Waals surface area (Å²) in [5.74, 6) is 0.821. The van der Waals surface area contributed by atoms with E-state index in [9.17, 15) is 4.79 Å². The lowest BCUT2D eigenvalue weighted by Crippen LogP contribution is -2.35. The summed E-state index contributed by atoms with van der Waals surface area (Å²) in [6.07, 6.45) is 1.19.